The lowest BCUT2D eigenvalue weighted by molar-refractivity contribution is -0.140. The molecule has 0 fully saturated rings. The number of rotatable bonds is 4. The molecule has 18 heavy (non-hydrogen) atoms. The Morgan fingerprint density at radius 2 is 2.11 bits per heavy atom. The van der Waals surface area contributed by atoms with Gasteiger partial charge in [0.15, 0.2) is 16.8 Å². The number of oxazole rings is 1. The third kappa shape index (κ3) is 3.11. The Bertz CT molecular complexity index is 536. The second kappa shape index (κ2) is 5.69. The zero-order chi connectivity index (χ0) is 13.0. The van der Waals surface area contributed by atoms with Crippen molar-refractivity contribution in [2.24, 2.45) is 0 Å². The molecule has 0 aliphatic rings. The summed E-state index contributed by atoms with van der Waals surface area (Å²) in [5.74, 6) is 0.672. The second-order valence-electron chi connectivity index (χ2n) is 3.68. The Morgan fingerprint density at radius 1 is 1.39 bits per heavy atom. The highest BCUT2D eigenvalue weighted by Gasteiger charge is 2.13. The van der Waals surface area contributed by atoms with E-state index in [1.54, 1.807) is 0 Å². The molecule has 0 atom stereocenters. The highest BCUT2D eigenvalue weighted by atomic mass is 35.5. The molecule has 5 heteroatoms. The summed E-state index contributed by atoms with van der Waals surface area (Å²) in [6.07, 6.45) is 0.409. The van der Waals surface area contributed by atoms with Crippen LogP contribution in [0.1, 0.15) is 12.8 Å². The van der Waals surface area contributed by atoms with E-state index in [9.17, 15) is 4.79 Å². The van der Waals surface area contributed by atoms with E-state index in [2.05, 4.69) is 4.98 Å². The zero-order valence-electron chi connectivity index (χ0n) is 9.85. The van der Waals surface area contributed by atoms with Crippen LogP contribution in [0.2, 0.25) is 5.15 Å². The van der Waals surface area contributed by atoms with E-state index in [-0.39, 0.29) is 12.6 Å². The number of carbonyl (C=O) groups excluding carboxylic acids is 1. The molecule has 1 heterocycles. The largest absolute Gasteiger partial charge is 0.465 e. The molecule has 94 valence electrons. The molecule has 0 spiro atoms. The van der Waals surface area contributed by atoms with Gasteiger partial charge in [0.2, 0.25) is 0 Å². The van der Waals surface area contributed by atoms with Crippen molar-refractivity contribution >= 4 is 17.6 Å². The summed E-state index contributed by atoms with van der Waals surface area (Å²) >= 11 is 6.01. The maximum absolute atomic E-state index is 10.6. The minimum absolute atomic E-state index is 0.237. The molecule has 0 amide bonds. The molecule has 0 unspecified atom stereocenters. The SMILES string of the molecule is CC(=O)OCCc1nc(Cl)c(-c2ccccc2)o1. The Kier molecular flexibility index (Phi) is 3.99. The van der Waals surface area contributed by atoms with E-state index in [0.717, 1.165) is 5.56 Å². The van der Waals surface area contributed by atoms with Crippen LogP contribution < -0.4 is 0 Å². The van der Waals surface area contributed by atoms with Crippen molar-refractivity contribution in [1.82, 2.24) is 4.98 Å². The van der Waals surface area contributed by atoms with Gasteiger partial charge in [-0.3, -0.25) is 4.79 Å². The third-order valence-corrected chi connectivity index (χ3v) is 2.54. The Balaban J connectivity index is 2.10. The number of aromatic nitrogens is 1. The molecule has 1 aromatic heterocycles. The van der Waals surface area contributed by atoms with Gasteiger partial charge in [-0.15, -0.1) is 0 Å². The first kappa shape index (κ1) is 12.6. The average molecular weight is 266 g/mol. The van der Waals surface area contributed by atoms with Crippen LogP contribution in [-0.2, 0) is 16.0 Å². The molecular formula is C13H12ClNO3. The predicted octanol–water partition coefficient (Wildman–Crippen LogP) is 3.10. The molecule has 1 aromatic carbocycles. The summed E-state index contributed by atoms with van der Waals surface area (Å²) in [6.45, 7) is 1.60. The highest BCUT2D eigenvalue weighted by molar-refractivity contribution is 6.31. The molecular weight excluding hydrogens is 254 g/mol. The number of nitrogens with zero attached hydrogens (tertiary/aromatic N) is 1. The van der Waals surface area contributed by atoms with E-state index in [4.69, 9.17) is 20.8 Å². The molecule has 0 saturated carbocycles. The van der Waals surface area contributed by atoms with Crippen molar-refractivity contribution in [3.05, 3.63) is 41.4 Å². The number of hydrogen-bond donors (Lipinski definition) is 0. The zero-order valence-corrected chi connectivity index (χ0v) is 10.6. The van der Waals surface area contributed by atoms with Gasteiger partial charge in [-0.25, -0.2) is 4.98 Å². The fourth-order valence-electron chi connectivity index (χ4n) is 1.50. The van der Waals surface area contributed by atoms with Crippen molar-refractivity contribution in [1.29, 1.82) is 0 Å². The lowest BCUT2D eigenvalue weighted by Crippen LogP contribution is -2.03. The van der Waals surface area contributed by atoms with Gasteiger partial charge in [-0.2, -0.15) is 0 Å². The van der Waals surface area contributed by atoms with Crippen molar-refractivity contribution in [2.75, 3.05) is 6.61 Å². The first-order chi connectivity index (χ1) is 8.66. The summed E-state index contributed by atoms with van der Waals surface area (Å²) in [5, 5.41) is 0.319. The topological polar surface area (TPSA) is 52.3 Å². The fraction of sp³-hybridized carbons (Fsp3) is 0.231. The Hall–Kier alpha value is -1.81. The monoisotopic (exact) mass is 265 g/mol. The number of benzene rings is 1. The third-order valence-electron chi connectivity index (χ3n) is 2.29. The normalized spacial score (nSPS) is 10.3. The Labute approximate surface area is 110 Å². The van der Waals surface area contributed by atoms with Gasteiger partial charge >= 0.3 is 5.97 Å². The molecule has 0 bridgehead atoms. The first-order valence-electron chi connectivity index (χ1n) is 5.51. The summed E-state index contributed by atoms with van der Waals surface area (Å²) in [5.41, 5.74) is 0.869. The second-order valence-corrected chi connectivity index (χ2v) is 4.04. The van der Waals surface area contributed by atoms with Gasteiger partial charge in [-0.05, 0) is 0 Å². The maximum Gasteiger partial charge on any atom is 0.302 e. The number of carbonyl (C=O) groups is 1. The van der Waals surface area contributed by atoms with Crippen molar-refractivity contribution in [3.8, 4) is 11.3 Å². The smallest absolute Gasteiger partial charge is 0.302 e. The molecule has 2 rings (SSSR count). The fourth-order valence-corrected chi connectivity index (χ4v) is 1.74. The highest BCUT2D eigenvalue weighted by Crippen LogP contribution is 2.28. The lowest BCUT2D eigenvalue weighted by Gasteiger charge is -1.98. The molecule has 0 N–H and O–H groups in total. The van der Waals surface area contributed by atoms with Crippen LogP contribution in [-0.4, -0.2) is 17.6 Å². The van der Waals surface area contributed by atoms with E-state index in [0.29, 0.717) is 23.2 Å². The van der Waals surface area contributed by atoms with Gasteiger partial charge in [0.25, 0.3) is 0 Å². The summed E-state index contributed by atoms with van der Waals surface area (Å²) in [7, 11) is 0. The van der Waals surface area contributed by atoms with Gasteiger partial charge in [0.1, 0.15) is 0 Å². The average Bonchev–Trinajstić information content (AvgIpc) is 2.71. The number of hydrogen-bond acceptors (Lipinski definition) is 4. The number of halogens is 1. The molecule has 0 radical (unpaired) electrons. The van der Waals surface area contributed by atoms with Crippen LogP contribution >= 0.6 is 11.6 Å². The van der Waals surface area contributed by atoms with Crippen molar-refractivity contribution in [3.63, 3.8) is 0 Å². The minimum atomic E-state index is -0.323. The lowest BCUT2D eigenvalue weighted by atomic mass is 10.2. The number of esters is 1. The quantitative estimate of drug-likeness (QED) is 0.797. The summed E-state index contributed by atoms with van der Waals surface area (Å²) < 4.78 is 10.4. The molecule has 4 nitrogen and oxygen atoms in total. The standard InChI is InChI=1S/C13H12ClNO3/c1-9(16)17-8-7-11-15-13(14)12(18-11)10-5-3-2-4-6-10/h2-6H,7-8H2,1H3. The van der Waals surface area contributed by atoms with Crippen molar-refractivity contribution < 1.29 is 13.9 Å². The van der Waals surface area contributed by atoms with Gasteiger partial charge in [0.05, 0.1) is 13.0 Å². The minimum Gasteiger partial charge on any atom is -0.465 e. The molecule has 2 aromatic rings. The molecule has 0 saturated heterocycles. The predicted molar refractivity (Wildman–Crippen MR) is 67.3 cm³/mol. The summed E-state index contributed by atoms with van der Waals surface area (Å²) in [6, 6.07) is 9.49. The van der Waals surface area contributed by atoms with E-state index in [1.165, 1.54) is 6.92 Å². The van der Waals surface area contributed by atoms with E-state index >= 15 is 0 Å². The van der Waals surface area contributed by atoms with Gasteiger partial charge in [-0.1, -0.05) is 41.9 Å². The van der Waals surface area contributed by atoms with Crippen LogP contribution in [0.5, 0.6) is 0 Å². The maximum atomic E-state index is 10.6. The van der Waals surface area contributed by atoms with Crippen LogP contribution in [0.3, 0.4) is 0 Å². The van der Waals surface area contributed by atoms with E-state index < -0.39 is 0 Å². The van der Waals surface area contributed by atoms with Crippen LogP contribution in [0.15, 0.2) is 34.7 Å². The van der Waals surface area contributed by atoms with Crippen LogP contribution in [0, 0.1) is 0 Å². The van der Waals surface area contributed by atoms with Gasteiger partial charge in [0, 0.05) is 12.5 Å². The first-order valence-corrected chi connectivity index (χ1v) is 5.88. The summed E-state index contributed by atoms with van der Waals surface area (Å²) in [4.78, 5) is 14.7. The van der Waals surface area contributed by atoms with Gasteiger partial charge < -0.3 is 9.15 Å². The van der Waals surface area contributed by atoms with Crippen molar-refractivity contribution in [2.45, 2.75) is 13.3 Å². The van der Waals surface area contributed by atoms with Crippen LogP contribution in [0.4, 0.5) is 0 Å². The van der Waals surface area contributed by atoms with E-state index in [1.807, 2.05) is 30.3 Å². The molecule has 0 aliphatic carbocycles. The molecule has 0 aliphatic heterocycles. The number of ether oxygens (including phenoxy) is 1. The Morgan fingerprint density at radius 3 is 2.78 bits per heavy atom. The van der Waals surface area contributed by atoms with Crippen LogP contribution in [0.25, 0.3) is 11.3 Å².